The Morgan fingerprint density at radius 2 is 1.00 bits per heavy atom. The summed E-state index contributed by atoms with van der Waals surface area (Å²) in [7, 11) is 3.01. The summed E-state index contributed by atoms with van der Waals surface area (Å²) in [5.74, 6) is 0. The van der Waals surface area contributed by atoms with Gasteiger partial charge in [-0.15, -0.1) is 9.24 Å². The molecule has 0 aromatic rings. The van der Waals surface area contributed by atoms with Crippen LogP contribution in [0.3, 0.4) is 0 Å². The van der Waals surface area contributed by atoms with E-state index in [1.807, 2.05) is 0 Å². The average molecular weight is 272 g/mol. The van der Waals surface area contributed by atoms with Gasteiger partial charge < -0.3 is 0 Å². The summed E-state index contributed by atoms with van der Waals surface area (Å²) in [5, 5.41) is 0. The highest BCUT2D eigenvalue weighted by molar-refractivity contribution is 7.17. The molecule has 0 rings (SSSR count). The van der Waals surface area contributed by atoms with Gasteiger partial charge in [0.15, 0.2) is 0 Å². The van der Waals surface area contributed by atoms with Crippen LogP contribution in [0.15, 0.2) is 0 Å². The topological polar surface area (TPSA) is 0 Å². The molecule has 110 valence electrons. The van der Waals surface area contributed by atoms with Gasteiger partial charge in [0.2, 0.25) is 0 Å². The number of hydrogen-bond acceptors (Lipinski definition) is 0. The maximum Gasteiger partial charge on any atom is -0.0264 e. The van der Waals surface area contributed by atoms with E-state index >= 15 is 0 Å². The van der Waals surface area contributed by atoms with Gasteiger partial charge in [0, 0.05) is 0 Å². The van der Waals surface area contributed by atoms with Crippen molar-refractivity contribution in [2.24, 2.45) is 0 Å². The Hall–Kier alpha value is 0.430. The number of rotatable bonds is 14. The number of hydrogen-bond donors (Lipinski definition) is 0. The van der Waals surface area contributed by atoms with Crippen molar-refractivity contribution in [2.45, 2.75) is 109 Å². The molecule has 2 unspecified atom stereocenters. The Morgan fingerprint density at radius 3 is 1.44 bits per heavy atom. The van der Waals surface area contributed by atoms with Crippen molar-refractivity contribution < 1.29 is 0 Å². The molecule has 0 aliphatic carbocycles. The Morgan fingerprint density at radius 1 is 0.556 bits per heavy atom. The van der Waals surface area contributed by atoms with E-state index in [-0.39, 0.29) is 0 Å². The Balaban J connectivity index is 2.98. The molecule has 0 radical (unpaired) electrons. The molecule has 2 atom stereocenters. The SMILES string of the molecule is CCCCCCCCCCCCCC(P)CCC. The minimum absolute atomic E-state index is 0.883. The predicted molar refractivity (Wildman–Crippen MR) is 89.5 cm³/mol. The third-order valence-electron chi connectivity index (χ3n) is 3.84. The summed E-state index contributed by atoms with van der Waals surface area (Å²) in [5.41, 5.74) is 0.883. The van der Waals surface area contributed by atoms with E-state index in [1.54, 1.807) is 0 Å². The first kappa shape index (κ1) is 18.4. The molecule has 0 amide bonds. The zero-order valence-electron chi connectivity index (χ0n) is 13.1. The quantitative estimate of drug-likeness (QED) is 0.243. The molecule has 0 aliphatic heterocycles. The van der Waals surface area contributed by atoms with E-state index in [0.29, 0.717) is 0 Å². The molecule has 0 saturated carbocycles. The van der Waals surface area contributed by atoms with Crippen LogP contribution in [0.25, 0.3) is 0 Å². The summed E-state index contributed by atoms with van der Waals surface area (Å²) in [6, 6.07) is 0. The molecule has 0 N–H and O–H groups in total. The standard InChI is InChI=1S/C17H37P/c1-3-5-6-7-8-9-10-11-12-13-14-16-17(18)15-4-2/h17H,3-16,18H2,1-2H3. The third-order valence-corrected chi connectivity index (χ3v) is 4.50. The van der Waals surface area contributed by atoms with Gasteiger partial charge in [-0.3, -0.25) is 0 Å². The van der Waals surface area contributed by atoms with Gasteiger partial charge in [-0.2, -0.15) is 0 Å². The summed E-state index contributed by atoms with van der Waals surface area (Å²) in [4.78, 5) is 0. The molecule has 0 heterocycles. The first-order chi connectivity index (χ1) is 8.81. The van der Waals surface area contributed by atoms with Crippen LogP contribution in [0.2, 0.25) is 0 Å². The van der Waals surface area contributed by atoms with Crippen molar-refractivity contribution in [1.82, 2.24) is 0 Å². The van der Waals surface area contributed by atoms with Crippen molar-refractivity contribution in [2.75, 3.05) is 0 Å². The Labute approximate surface area is 119 Å². The molecule has 0 bridgehead atoms. The highest BCUT2D eigenvalue weighted by Gasteiger charge is 2.00. The summed E-state index contributed by atoms with van der Waals surface area (Å²) in [6.07, 6.45) is 20.2. The molecule has 0 aromatic carbocycles. The van der Waals surface area contributed by atoms with Crippen LogP contribution in [-0.4, -0.2) is 5.66 Å². The van der Waals surface area contributed by atoms with E-state index in [9.17, 15) is 0 Å². The highest BCUT2D eigenvalue weighted by atomic mass is 31.0. The average Bonchev–Trinajstić information content (AvgIpc) is 2.36. The lowest BCUT2D eigenvalue weighted by atomic mass is 10.0. The van der Waals surface area contributed by atoms with Crippen molar-refractivity contribution in [3.63, 3.8) is 0 Å². The molecule has 0 aromatic heterocycles. The molecule has 0 spiro atoms. The lowest BCUT2D eigenvalue weighted by molar-refractivity contribution is 0.537. The fourth-order valence-electron chi connectivity index (χ4n) is 2.59. The van der Waals surface area contributed by atoms with Crippen LogP contribution in [0.5, 0.6) is 0 Å². The molecule has 0 aliphatic rings. The molecule has 18 heavy (non-hydrogen) atoms. The van der Waals surface area contributed by atoms with Gasteiger partial charge in [0.25, 0.3) is 0 Å². The third kappa shape index (κ3) is 14.5. The van der Waals surface area contributed by atoms with Gasteiger partial charge >= 0.3 is 0 Å². The summed E-state index contributed by atoms with van der Waals surface area (Å²) in [6.45, 7) is 4.58. The van der Waals surface area contributed by atoms with Crippen LogP contribution in [0.1, 0.15) is 104 Å². The molecular weight excluding hydrogens is 235 g/mol. The van der Waals surface area contributed by atoms with Crippen LogP contribution in [0, 0.1) is 0 Å². The second kappa shape index (κ2) is 15.5. The summed E-state index contributed by atoms with van der Waals surface area (Å²) >= 11 is 0. The highest BCUT2D eigenvalue weighted by Crippen LogP contribution is 2.17. The zero-order chi connectivity index (χ0) is 13.5. The molecule has 0 fully saturated rings. The van der Waals surface area contributed by atoms with E-state index in [4.69, 9.17) is 0 Å². The van der Waals surface area contributed by atoms with Crippen molar-refractivity contribution in [3.05, 3.63) is 0 Å². The minimum atomic E-state index is 0.883. The Kier molecular flexibility index (Phi) is 15.9. The van der Waals surface area contributed by atoms with E-state index in [0.717, 1.165) is 5.66 Å². The molecule has 1 heteroatoms. The molecule has 0 saturated heterocycles. The maximum atomic E-state index is 3.01. The second-order valence-corrected chi connectivity index (χ2v) is 6.82. The first-order valence-corrected chi connectivity index (χ1v) is 9.23. The van der Waals surface area contributed by atoms with Gasteiger partial charge in [0.05, 0.1) is 0 Å². The zero-order valence-corrected chi connectivity index (χ0v) is 14.2. The second-order valence-electron chi connectivity index (χ2n) is 5.87. The van der Waals surface area contributed by atoms with Crippen LogP contribution in [0.4, 0.5) is 0 Å². The van der Waals surface area contributed by atoms with Gasteiger partial charge in [0.1, 0.15) is 0 Å². The largest absolute Gasteiger partial charge is 0.134 e. The van der Waals surface area contributed by atoms with Gasteiger partial charge in [-0.25, -0.2) is 0 Å². The van der Waals surface area contributed by atoms with Crippen LogP contribution < -0.4 is 0 Å². The van der Waals surface area contributed by atoms with Crippen molar-refractivity contribution in [3.8, 4) is 0 Å². The van der Waals surface area contributed by atoms with Crippen LogP contribution in [-0.2, 0) is 0 Å². The molecular formula is C17H37P. The van der Waals surface area contributed by atoms with E-state index < -0.39 is 0 Å². The van der Waals surface area contributed by atoms with Gasteiger partial charge in [-0.05, 0) is 18.5 Å². The fourth-order valence-corrected chi connectivity index (χ4v) is 3.15. The Bertz CT molecular complexity index is 145. The van der Waals surface area contributed by atoms with E-state index in [2.05, 4.69) is 23.1 Å². The van der Waals surface area contributed by atoms with Crippen LogP contribution >= 0.6 is 9.24 Å². The monoisotopic (exact) mass is 272 g/mol. The fraction of sp³-hybridized carbons (Fsp3) is 1.00. The summed E-state index contributed by atoms with van der Waals surface area (Å²) < 4.78 is 0. The van der Waals surface area contributed by atoms with E-state index in [1.165, 1.54) is 89.9 Å². The molecule has 0 nitrogen and oxygen atoms in total. The minimum Gasteiger partial charge on any atom is -0.134 e. The lowest BCUT2D eigenvalue weighted by Crippen LogP contribution is -1.96. The smallest absolute Gasteiger partial charge is 0.0264 e. The van der Waals surface area contributed by atoms with Gasteiger partial charge in [-0.1, -0.05) is 90.9 Å². The first-order valence-electron chi connectivity index (χ1n) is 8.56. The number of unbranched alkanes of at least 4 members (excludes halogenated alkanes) is 10. The normalized spacial score (nSPS) is 12.8. The lowest BCUT2D eigenvalue weighted by Gasteiger charge is -2.09. The van der Waals surface area contributed by atoms with Crippen molar-refractivity contribution in [1.29, 1.82) is 0 Å². The van der Waals surface area contributed by atoms with Crippen molar-refractivity contribution >= 4 is 9.24 Å². The predicted octanol–water partition coefficient (Wildman–Crippen LogP) is 6.73. The maximum absolute atomic E-state index is 3.01.